The van der Waals surface area contributed by atoms with Gasteiger partial charge in [-0.15, -0.1) is 0 Å². The van der Waals surface area contributed by atoms with Crippen LogP contribution in [0.15, 0.2) is 41.3 Å². The van der Waals surface area contributed by atoms with E-state index >= 15 is 0 Å². The zero-order chi connectivity index (χ0) is 24.3. The van der Waals surface area contributed by atoms with Gasteiger partial charge in [-0.25, -0.2) is 8.42 Å². The van der Waals surface area contributed by atoms with Gasteiger partial charge in [0.15, 0.2) is 0 Å². The third kappa shape index (κ3) is 5.57. The van der Waals surface area contributed by atoms with E-state index in [-0.39, 0.29) is 22.8 Å². The van der Waals surface area contributed by atoms with Crippen molar-refractivity contribution in [3.8, 4) is 5.75 Å². The van der Waals surface area contributed by atoms with E-state index in [9.17, 15) is 13.2 Å². The maximum Gasteiger partial charge on any atom is 0.251 e. The Morgan fingerprint density at radius 2 is 1.70 bits per heavy atom. The fourth-order valence-corrected chi connectivity index (χ4v) is 5.61. The smallest absolute Gasteiger partial charge is 0.251 e. The monoisotopic (exact) mass is 473 g/mol. The summed E-state index contributed by atoms with van der Waals surface area (Å²) in [5.41, 5.74) is 3.44. The highest BCUT2D eigenvalue weighted by Crippen LogP contribution is 2.32. The van der Waals surface area contributed by atoms with E-state index in [0.717, 1.165) is 22.4 Å². The molecule has 1 saturated heterocycles. The summed E-state index contributed by atoms with van der Waals surface area (Å²) in [7, 11) is -0.000568. The number of hydrogen-bond donors (Lipinski definition) is 1. The zero-order valence-corrected chi connectivity index (χ0v) is 21.2. The molecule has 1 N–H and O–H groups in total. The lowest BCUT2D eigenvalue weighted by Gasteiger charge is -2.31. The van der Waals surface area contributed by atoms with Gasteiger partial charge in [0.05, 0.1) is 18.0 Å². The molecule has 0 saturated carbocycles. The van der Waals surface area contributed by atoms with Crippen molar-refractivity contribution >= 4 is 15.9 Å². The molecule has 0 spiro atoms. The molecular formula is C25H35N3O4S. The van der Waals surface area contributed by atoms with Crippen LogP contribution in [0.3, 0.4) is 0 Å². The maximum absolute atomic E-state index is 13.1. The van der Waals surface area contributed by atoms with Gasteiger partial charge in [0.2, 0.25) is 10.0 Å². The third-order valence-corrected chi connectivity index (χ3v) is 8.15. The standard InChI is InChI=1S/C25H35N3O4S/c1-17(2)22-16-23(18(3)14-24(22)32-6)19(4)26-25(29)20-8-7-9-21(15-20)33(30,31)28-12-10-27(5)11-13-28/h7-9,14-17,19H,10-13H2,1-6H3,(H,26,29)/t19-/m1/s1. The summed E-state index contributed by atoms with van der Waals surface area (Å²) >= 11 is 0. The highest BCUT2D eigenvalue weighted by Gasteiger charge is 2.28. The second-order valence-corrected chi connectivity index (χ2v) is 11.0. The lowest BCUT2D eigenvalue weighted by Crippen LogP contribution is -2.47. The molecule has 1 aliphatic rings. The van der Waals surface area contributed by atoms with Crippen molar-refractivity contribution in [3.05, 3.63) is 58.7 Å². The summed E-state index contributed by atoms with van der Waals surface area (Å²) in [6.07, 6.45) is 0. The number of benzene rings is 2. The predicted octanol–water partition coefficient (Wildman–Crippen LogP) is 3.55. The number of rotatable bonds is 7. The van der Waals surface area contributed by atoms with E-state index in [2.05, 4.69) is 30.1 Å². The summed E-state index contributed by atoms with van der Waals surface area (Å²) in [4.78, 5) is 15.3. The molecule has 1 heterocycles. The van der Waals surface area contributed by atoms with Gasteiger partial charge in [-0.05, 0) is 73.8 Å². The van der Waals surface area contributed by atoms with Crippen LogP contribution in [0.5, 0.6) is 5.75 Å². The molecule has 1 fully saturated rings. The molecule has 2 aromatic carbocycles. The first-order valence-electron chi connectivity index (χ1n) is 11.3. The molecule has 8 heteroatoms. The van der Waals surface area contributed by atoms with Crippen molar-refractivity contribution in [1.82, 2.24) is 14.5 Å². The number of amides is 1. The minimum atomic E-state index is -3.64. The number of ether oxygens (including phenoxy) is 1. The van der Waals surface area contributed by atoms with Gasteiger partial charge in [-0.1, -0.05) is 19.9 Å². The summed E-state index contributed by atoms with van der Waals surface area (Å²) in [6, 6.07) is 10.1. The minimum absolute atomic E-state index is 0.148. The number of sulfonamides is 1. The van der Waals surface area contributed by atoms with Crippen molar-refractivity contribution in [3.63, 3.8) is 0 Å². The fourth-order valence-electron chi connectivity index (χ4n) is 4.14. The molecule has 0 bridgehead atoms. The number of nitrogens with one attached hydrogen (secondary N) is 1. The van der Waals surface area contributed by atoms with Crippen LogP contribution in [-0.4, -0.2) is 63.9 Å². The lowest BCUT2D eigenvalue weighted by atomic mass is 9.93. The molecule has 7 nitrogen and oxygen atoms in total. The van der Waals surface area contributed by atoms with Crippen molar-refractivity contribution in [1.29, 1.82) is 0 Å². The van der Waals surface area contributed by atoms with Crippen molar-refractivity contribution in [2.24, 2.45) is 0 Å². The number of hydrogen-bond acceptors (Lipinski definition) is 5. The number of methoxy groups -OCH3 is 1. The first-order chi connectivity index (χ1) is 15.5. The van der Waals surface area contributed by atoms with Crippen LogP contribution in [0, 0.1) is 6.92 Å². The lowest BCUT2D eigenvalue weighted by molar-refractivity contribution is 0.0939. The number of piperazine rings is 1. The van der Waals surface area contributed by atoms with Gasteiger partial charge < -0.3 is 15.0 Å². The van der Waals surface area contributed by atoms with Crippen LogP contribution in [-0.2, 0) is 10.0 Å². The fraction of sp³-hybridized carbons (Fsp3) is 0.480. The van der Waals surface area contributed by atoms with Crippen LogP contribution in [0.2, 0.25) is 0 Å². The molecule has 1 atom stereocenters. The van der Waals surface area contributed by atoms with Crippen LogP contribution in [0.1, 0.15) is 59.8 Å². The second kappa shape index (κ2) is 10.2. The van der Waals surface area contributed by atoms with Gasteiger partial charge in [0.1, 0.15) is 5.75 Å². The first-order valence-corrected chi connectivity index (χ1v) is 12.8. The highest BCUT2D eigenvalue weighted by atomic mass is 32.2. The molecule has 0 radical (unpaired) electrons. The van der Waals surface area contributed by atoms with Gasteiger partial charge in [-0.2, -0.15) is 4.31 Å². The Balaban J connectivity index is 1.81. The Kier molecular flexibility index (Phi) is 7.82. The van der Waals surface area contributed by atoms with E-state index in [4.69, 9.17) is 4.74 Å². The van der Waals surface area contributed by atoms with E-state index in [0.29, 0.717) is 31.7 Å². The van der Waals surface area contributed by atoms with Crippen molar-refractivity contribution < 1.29 is 17.9 Å². The third-order valence-electron chi connectivity index (χ3n) is 6.25. The summed E-state index contributed by atoms with van der Waals surface area (Å²) in [5.74, 6) is 0.810. The Labute approximate surface area is 197 Å². The predicted molar refractivity (Wildman–Crippen MR) is 130 cm³/mol. The largest absolute Gasteiger partial charge is 0.496 e. The molecule has 1 amide bonds. The molecule has 180 valence electrons. The molecule has 2 aromatic rings. The number of aryl methyl sites for hydroxylation is 1. The van der Waals surface area contributed by atoms with E-state index < -0.39 is 10.0 Å². The molecule has 33 heavy (non-hydrogen) atoms. The summed E-state index contributed by atoms with van der Waals surface area (Å²) in [6.45, 7) is 10.4. The highest BCUT2D eigenvalue weighted by molar-refractivity contribution is 7.89. The topological polar surface area (TPSA) is 78.9 Å². The number of likely N-dealkylation sites (N-methyl/N-ethyl adjacent to an activating group) is 1. The number of carbonyl (C=O) groups excluding carboxylic acids is 1. The van der Waals surface area contributed by atoms with Gasteiger partial charge in [0.25, 0.3) is 5.91 Å². The Hall–Kier alpha value is -2.42. The number of nitrogens with zero attached hydrogens (tertiary/aromatic N) is 2. The number of carbonyl (C=O) groups is 1. The normalized spacial score (nSPS) is 16.6. The van der Waals surface area contributed by atoms with Crippen LogP contribution < -0.4 is 10.1 Å². The van der Waals surface area contributed by atoms with E-state index in [1.54, 1.807) is 25.3 Å². The SMILES string of the molecule is COc1cc(C)c([C@@H](C)NC(=O)c2cccc(S(=O)(=O)N3CCN(C)CC3)c2)cc1C(C)C. The average Bonchev–Trinajstić information content (AvgIpc) is 2.78. The molecule has 0 unspecified atom stereocenters. The molecule has 3 rings (SSSR count). The first kappa shape index (κ1) is 25.2. The average molecular weight is 474 g/mol. The zero-order valence-electron chi connectivity index (χ0n) is 20.4. The quantitative estimate of drug-likeness (QED) is 0.665. The van der Waals surface area contributed by atoms with Crippen LogP contribution in [0.4, 0.5) is 0 Å². The Morgan fingerprint density at radius 3 is 2.30 bits per heavy atom. The molecule has 1 aliphatic heterocycles. The van der Waals surface area contributed by atoms with Crippen molar-refractivity contribution in [2.45, 2.75) is 44.6 Å². The molecular weight excluding hydrogens is 438 g/mol. The van der Waals surface area contributed by atoms with Crippen LogP contribution >= 0.6 is 0 Å². The van der Waals surface area contributed by atoms with Crippen molar-refractivity contribution in [2.75, 3.05) is 40.3 Å². The Bertz CT molecular complexity index is 1110. The van der Waals surface area contributed by atoms with Gasteiger partial charge in [0, 0.05) is 31.7 Å². The van der Waals surface area contributed by atoms with E-state index in [1.165, 1.54) is 10.4 Å². The second-order valence-electron chi connectivity index (χ2n) is 9.04. The van der Waals surface area contributed by atoms with Crippen LogP contribution in [0.25, 0.3) is 0 Å². The van der Waals surface area contributed by atoms with Gasteiger partial charge in [-0.3, -0.25) is 4.79 Å². The summed E-state index contributed by atoms with van der Waals surface area (Å²) < 4.78 is 33.2. The Morgan fingerprint density at radius 1 is 1.03 bits per heavy atom. The van der Waals surface area contributed by atoms with Gasteiger partial charge >= 0.3 is 0 Å². The molecule has 0 aromatic heterocycles. The minimum Gasteiger partial charge on any atom is -0.496 e. The summed E-state index contributed by atoms with van der Waals surface area (Å²) in [5, 5.41) is 3.03. The maximum atomic E-state index is 13.1. The van der Waals surface area contributed by atoms with E-state index in [1.807, 2.05) is 27.0 Å². The molecule has 0 aliphatic carbocycles.